The summed E-state index contributed by atoms with van der Waals surface area (Å²) in [5, 5.41) is 0. The summed E-state index contributed by atoms with van der Waals surface area (Å²) in [6, 6.07) is 9.23. The number of amides is 2. The number of para-hydroxylation sites is 1. The van der Waals surface area contributed by atoms with E-state index in [2.05, 4.69) is 6.92 Å². The van der Waals surface area contributed by atoms with Gasteiger partial charge in [0.05, 0.1) is 4.87 Å². The van der Waals surface area contributed by atoms with Crippen molar-refractivity contribution in [1.29, 1.82) is 0 Å². The molecule has 0 radical (unpaired) electrons. The minimum atomic E-state index is -0.329. The van der Waals surface area contributed by atoms with Crippen LogP contribution in [0.1, 0.15) is 19.8 Å². The summed E-state index contributed by atoms with van der Waals surface area (Å²) >= 11 is 1.73. The Morgan fingerprint density at radius 3 is 2.80 bits per heavy atom. The number of thioether (sulfide) groups is 1. The molecule has 1 aromatic rings. The smallest absolute Gasteiger partial charge is 0.250 e. The summed E-state index contributed by atoms with van der Waals surface area (Å²) in [5.41, 5.74) is 0.864. The highest BCUT2D eigenvalue weighted by atomic mass is 32.2. The van der Waals surface area contributed by atoms with Crippen LogP contribution in [0.15, 0.2) is 30.3 Å². The molecule has 4 nitrogen and oxygen atoms in total. The summed E-state index contributed by atoms with van der Waals surface area (Å²) in [7, 11) is 1.78. The number of hydrogen-bond acceptors (Lipinski definition) is 3. The van der Waals surface area contributed by atoms with E-state index in [4.69, 9.17) is 0 Å². The van der Waals surface area contributed by atoms with Crippen LogP contribution in [-0.4, -0.2) is 40.4 Å². The van der Waals surface area contributed by atoms with Gasteiger partial charge in [-0.25, -0.2) is 0 Å². The lowest BCUT2D eigenvalue weighted by Gasteiger charge is -2.31. The molecule has 3 rings (SSSR count). The monoisotopic (exact) mass is 290 g/mol. The van der Waals surface area contributed by atoms with E-state index >= 15 is 0 Å². The first kappa shape index (κ1) is 13.5. The van der Waals surface area contributed by atoms with Crippen molar-refractivity contribution in [3.05, 3.63) is 30.3 Å². The highest BCUT2D eigenvalue weighted by Gasteiger charge is 2.53. The largest absolute Gasteiger partial charge is 0.315 e. The standard InChI is InChI=1S/C15H18N2O2S/c1-15-9-8-13(18)17(15)12(10-20-15)14(19)16(2)11-6-4-3-5-7-11/h3-7,12H,8-10H2,1-2H3. The average molecular weight is 290 g/mol. The van der Waals surface area contributed by atoms with Gasteiger partial charge in [-0.1, -0.05) is 18.2 Å². The molecule has 0 saturated carbocycles. The van der Waals surface area contributed by atoms with Crippen LogP contribution in [0.2, 0.25) is 0 Å². The SMILES string of the molecule is CN(C(=O)C1CSC2(C)CCC(=O)N12)c1ccccc1. The van der Waals surface area contributed by atoms with E-state index < -0.39 is 0 Å². The van der Waals surface area contributed by atoms with Gasteiger partial charge in [-0.15, -0.1) is 11.8 Å². The van der Waals surface area contributed by atoms with Crippen molar-refractivity contribution in [3.8, 4) is 0 Å². The first-order valence-electron chi connectivity index (χ1n) is 6.82. The number of hydrogen-bond donors (Lipinski definition) is 0. The van der Waals surface area contributed by atoms with E-state index in [0.29, 0.717) is 12.2 Å². The van der Waals surface area contributed by atoms with Crippen molar-refractivity contribution in [3.63, 3.8) is 0 Å². The van der Waals surface area contributed by atoms with Gasteiger partial charge >= 0.3 is 0 Å². The van der Waals surface area contributed by atoms with Gasteiger partial charge in [0.25, 0.3) is 0 Å². The zero-order valence-electron chi connectivity index (χ0n) is 11.7. The molecule has 20 heavy (non-hydrogen) atoms. The fourth-order valence-electron chi connectivity index (χ4n) is 3.01. The summed E-state index contributed by atoms with van der Waals surface area (Å²) in [5.74, 6) is 0.804. The molecule has 0 aromatic heterocycles. The van der Waals surface area contributed by atoms with Crippen molar-refractivity contribution >= 4 is 29.3 Å². The summed E-state index contributed by atoms with van der Waals surface area (Å²) in [6.07, 6.45) is 1.40. The van der Waals surface area contributed by atoms with E-state index in [1.807, 2.05) is 30.3 Å². The van der Waals surface area contributed by atoms with Gasteiger partial charge in [-0.05, 0) is 25.5 Å². The maximum atomic E-state index is 12.7. The van der Waals surface area contributed by atoms with Crippen molar-refractivity contribution in [2.45, 2.75) is 30.7 Å². The molecule has 2 heterocycles. The van der Waals surface area contributed by atoms with Crippen LogP contribution in [0.25, 0.3) is 0 Å². The average Bonchev–Trinajstić information content (AvgIpc) is 2.95. The predicted octanol–water partition coefficient (Wildman–Crippen LogP) is 2.10. The molecule has 2 unspecified atom stereocenters. The third-order valence-corrected chi connectivity index (χ3v) is 5.71. The van der Waals surface area contributed by atoms with Gasteiger partial charge in [0.15, 0.2) is 0 Å². The molecule has 2 fully saturated rings. The molecule has 0 aliphatic carbocycles. The molecule has 5 heteroatoms. The molecule has 0 spiro atoms. The molecular formula is C15H18N2O2S. The van der Waals surface area contributed by atoms with Crippen LogP contribution in [0.5, 0.6) is 0 Å². The normalized spacial score (nSPS) is 28.6. The third-order valence-electron chi connectivity index (χ3n) is 4.20. The third kappa shape index (κ3) is 2.00. The van der Waals surface area contributed by atoms with Crippen LogP contribution < -0.4 is 4.90 Å². The Morgan fingerprint density at radius 2 is 2.10 bits per heavy atom. The van der Waals surface area contributed by atoms with Crippen molar-refractivity contribution in [2.24, 2.45) is 0 Å². The van der Waals surface area contributed by atoms with Gasteiger partial charge in [0.2, 0.25) is 11.8 Å². The van der Waals surface area contributed by atoms with E-state index in [9.17, 15) is 9.59 Å². The predicted molar refractivity (Wildman–Crippen MR) is 80.6 cm³/mol. The Bertz CT molecular complexity index is 548. The zero-order chi connectivity index (χ0) is 14.3. The lowest BCUT2D eigenvalue weighted by molar-refractivity contribution is -0.136. The number of likely N-dealkylation sites (N-methyl/N-ethyl adjacent to an activating group) is 1. The van der Waals surface area contributed by atoms with Gasteiger partial charge in [0, 0.05) is 24.9 Å². The Labute approximate surface area is 123 Å². The van der Waals surface area contributed by atoms with Crippen molar-refractivity contribution in [1.82, 2.24) is 4.90 Å². The molecule has 2 aliphatic heterocycles. The summed E-state index contributed by atoms with van der Waals surface area (Å²) in [4.78, 5) is 28.0. The lowest BCUT2D eigenvalue weighted by atomic mass is 10.2. The Kier molecular flexibility index (Phi) is 3.24. The first-order valence-corrected chi connectivity index (χ1v) is 7.80. The molecule has 1 aromatic carbocycles. The fourth-order valence-corrected chi connectivity index (χ4v) is 4.43. The lowest BCUT2D eigenvalue weighted by Crippen LogP contribution is -2.50. The minimum absolute atomic E-state index is 0.00248. The molecule has 0 bridgehead atoms. The Morgan fingerprint density at radius 1 is 1.40 bits per heavy atom. The number of carbonyl (C=O) groups is 2. The fraction of sp³-hybridized carbons (Fsp3) is 0.467. The van der Waals surface area contributed by atoms with E-state index in [1.165, 1.54) is 0 Å². The van der Waals surface area contributed by atoms with E-state index in [-0.39, 0.29) is 22.7 Å². The number of benzene rings is 1. The molecule has 2 atom stereocenters. The Balaban J connectivity index is 1.83. The number of carbonyl (C=O) groups excluding carboxylic acids is 2. The summed E-state index contributed by atoms with van der Waals surface area (Å²) in [6.45, 7) is 2.07. The molecule has 106 valence electrons. The molecule has 2 amide bonds. The van der Waals surface area contributed by atoms with E-state index in [1.54, 1.807) is 28.6 Å². The molecule has 2 saturated heterocycles. The van der Waals surface area contributed by atoms with Gasteiger partial charge in [-0.3, -0.25) is 9.59 Å². The van der Waals surface area contributed by atoms with Gasteiger partial charge in [-0.2, -0.15) is 0 Å². The molecule has 2 aliphatic rings. The minimum Gasteiger partial charge on any atom is -0.315 e. The Hall–Kier alpha value is -1.49. The van der Waals surface area contributed by atoms with Gasteiger partial charge < -0.3 is 9.80 Å². The maximum Gasteiger partial charge on any atom is 0.250 e. The number of fused-ring (bicyclic) bond motifs is 1. The van der Waals surface area contributed by atoms with Crippen LogP contribution in [-0.2, 0) is 9.59 Å². The van der Waals surface area contributed by atoms with Crippen LogP contribution in [0.4, 0.5) is 5.69 Å². The second-order valence-corrected chi connectivity index (χ2v) is 7.00. The van der Waals surface area contributed by atoms with Crippen LogP contribution in [0, 0.1) is 0 Å². The number of anilines is 1. The van der Waals surface area contributed by atoms with Crippen molar-refractivity contribution in [2.75, 3.05) is 17.7 Å². The molecule has 0 N–H and O–H groups in total. The second kappa shape index (κ2) is 4.81. The topological polar surface area (TPSA) is 40.6 Å². The van der Waals surface area contributed by atoms with Gasteiger partial charge in [0.1, 0.15) is 6.04 Å². The van der Waals surface area contributed by atoms with E-state index in [0.717, 1.165) is 12.1 Å². The summed E-state index contributed by atoms with van der Waals surface area (Å²) < 4.78 is 0. The zero-order valence-corrected chi connectivity index (χ0v) is 12.5. The number of nitrogens with zero attached hydrogens (tertiary/aromatic N) is 2. The maximum absolute atomic E-state index is 12.7. The molecular weight excluding hydrogens is 272 g/mol. The second-order valence-electron chi connectivity index (χ2n) is 5.50. The number of rotatable bonds is 2. The van der Waals surface area contributed by atoms with Crippen LogP contribution in [0.3, 0.4) is 0 Å². The van der Waals surface area contributed by atoms with Crippen LogP contribution >= 0.6 is 11.8 Å². The quantitative estimate of drug-likeness (QED) is 0.837. The highest BCUT2D eigenvalue weighted by Crippen LogP contribution is 2.47. The van der Waals surface area contributed by atoms with Crippen molar-refractivity contribution < 1.29 is 9.59 Å². The highest BCUT2D eigenvalue weighted by molar-refractivity contribution is 8.01. The first-order chi connectivity index (χ1) is 9.53.